The van der Waals surface area contributed by atoms with Gasteiger partial charge in [-0.1, -0.05) is 24.2 Å². The average Bonchev–Trinajstić information content (AvgIpc) is 2.28. The molecule has 1 heterocycles. The molecule has 0 saturated carbocycles. The predicted octanol–water partition coefficient (Wildman–Crippen LogP) is 3.29. The van der Waals surface area contributed by atoms with Gasteiger partial charge in [-0.2, -0.15) is 5.10 Å². The molecule has 0 aliphatic rings. The van der Waals surface area contributed by atoms with Gasteiger partial charge < -0.3 is 4.74 Å². The molecule has 3 nitrogen and oxygen atoms in total. The molecule has 0 amide bonds. The zero-order chi connectivity index (χ0) is 11.5. The van der Waals surface area contributed by atoms with E-state index < -0.39 is 0 Å². The molecule has 0 fully saturated rings. The summed E-state index contributed by atoms with van der Waals surface area (Å²) in [4.78, 5) is 0. The van der Waals surface area contributed by atoms with Crippen molar-refractivity contribution in [3.05, 3.63) is 41.7 Å². The fourth-order valence-electron chi connectivity index (χ4n) is 1.51. The molecule has 0 spiro atoms. The zero-order valence-corrected chi connectivity index (χ0v) is 9.66. The van der Waals surface area contributed by atoms with Crippen LogP contribution in [0.4, 0.5) is 0 Å². The molecule has 0 N–H and O–H groups in total. The Morgan fingerprint density at radius 3 is 3.06 bits per heavy atom. The van der Waals surface area contributed by atoms with Crippen molar-refractivity contribution in [2.45, 2.75) is 6.92 Å². The van der Waals surface area contributed by atoms with E-state index in [1.807, 2.05) is 25.1 Å². The summed E-state index contributed by atoms with van der Waals surface area (Å²) in [6, 6.07) is 5.55. The van der Waals surface area contributed by atoms with Crippen molar-refractivity contribution in [1.29, 1.82) is 0 Å². The Kier molecular flexibility index (Phi) is 3.06. The number of hydrogen-bond donors (Lipinski definition) is 0. The van der Waals surface area contributed by atoms with Crippen LogP contribution < -0.4 is 0 Å². The third-order valence-corrected chi connectivity index (χ3v) is 2.44. The number of rotatable bonds is 3. The highest BCUT2D eigenvalue weighted by Crippen LogP contribution is 2.24. The maximum Gasteiger partial charge on any atom is 0.140 e. The fraction of sp³-hybridized carbons (Fsp3) is 0.167. The highest BCUT2D eigenvalue weighted by molar-refractivity contribution is 6.31. The van der Waals surface area contributed by atoms with Crippen LogP contribution in [-0.2, 0) is 4.74 Å². The van der Waals surface area contributed by atoms with Gasteiger partial charge in [0.05, 0.1) is 12.8 Å². The van der Waals surface area contributed by atoms with Gasteiger partial charge in [0.1, 0.15) is 11.5 Å². The first-order valence-corrected chi connectivity index (χ1v) is 5.33. The van der Waals surface area contributed by atoms with Gasteiger partial charge in [-0.05, 0) is 19.1 Å². The molecule has 0 unspecified atom stereocenters. The lowest BCUT2D eigenvalue weighted by Crippen LogP contribution is -1.96. The largest absolute Gasteiger partial charge is 0.492 e. The first kappa shape index (κ1) is 10.9. The van der Waals surface area contributed by atoms with Crippen LogP contribution in [0.15, 0.2) is 31.0 Å². The van der Waals surface area contributed by atoms with E-state index in [-0.39, 0.29) is 0 Å². The molecule has 0 atom stereocenters. The Morgan fingerprint density at radius 1 is 1.50 bits per heavy atom. The summed E-state index contributed by atoms with van der Waals surface area (Å²) in [5.41, 5.74) is 0.663. The van der Waals surface area contributed by atoms with Gasteiger partial charge in [0.2, 0.25) is 0 Å². The highest BCUT2D eigenvalue weighted by Gasteiger charge is 2.08. The average molecular weight is 235 g/mol. The second-order valence-electron chi connectivity index (χ2n) is 3.28. The van der Waals surface area contributed by atoms with E-state index in [0.717, 1.165) is 10.8 Å². The van der Waals surface area contributed by atoms with Gasteiger partial charge in [-0.3, -0.25) is 0 Å². The predicted molar refractivity (Wildman–Crippen MR) is 65.2 cm³/mol. The van der Waals surface area contributed by atoms with Crippen LogP contribution in [0.25, 0.3) is 16.5 Å². The SMILES string of the molecule is C=C(OCC)c1nncc2cc(Cl)ccc12. The van der Waals surface area contributed by atoms with Crippen molar-refractivity contribution in [2.24, 2.45) is 0 Å². The lowest BCUT2D eigenvalue weighted by molar-refractivity contribution is 0.298. The minimum Gasteiger partial charge on any atom is -0.492 e. The van der Waals surface area contributed by atoms with E-state index in [1.165, 1.54) is 0 Å². The summed E-state index contributed by atoms with van der Waals surface area (Å²) >= 11 is 5.91. The molecular weight excluding hydrogens is 224 g/mol. The van der Waals surface area contributed by atoms with E-state index in [2.05, 4.69) is 16.8 Å². The van der Waals surface area contributed by atoms with Crippen LogP contribution in [0.5, 0.6) is 0 Å². The van der Waals surface area contributed by atoms with E-state index in [9.17, 15) is 0 Å². The second-order valence-corrected chi connectivity index (χ2v) is 3.72. The Bertz CT molecular complexity index is 540. The van der Waals surface area contributed by atoms with Gasteiger partial charge in [0.15, 0.2) is 0 Å². The summed E-state index contributed by atoms with van der Waals surface area (Å²) in [6.45, 7) is 6.29. The van der Waals surface area contributed by atoms with E-state index in [0.29, 0.717) is 23.1 Å². The highest BCUT2D eigenvalue weighted by atomic mass is 35.5. The Balaban J connectivity index is 2.58. The maximum atomic E-state index is 5.91. The van der Waals surface area contributed by atoms with Gasteiger partial charge >= 0.3 is 0 Å². The Morgan fingerprint density at radius 2 is 2.31 bits per heavy atom. The Hall–Kier alpha value is -1.61. The normalized spacial score (nSPS) is 10.4. The van der Waals surface area contributed by atoms with Crippen LogP contribution >= 0.6 is 11.6 Å². The fourth-order valence-corrected chi connectivity index (χ4v) is 1.69. The minimum atomic E-state index is 0.530. The zero-order valence-electron chi connectivity index (χ0n) is 8.90. The number of ether oxygens (including phenoxy) is 1. The van der Waals surface area contributed by atoms with Crippen molar-refractivity contribution < 1.29 is 4.74 Å². The summed E-state index contributed by atoms with van der Waals surface area (Å²) < 4.78 is 5.34. The molecule has 0 radical (unpaired) electrons. The summed E-state index contributed by atoms with van der Waals surface area (Å²) in [5.74, 6) is 0.530. The lowest BCUT2D eigenvalue weighted by Gasteiger charge is -2.08. The van der Waals surface area contributed by atoms with E-state index in [4.69, 9.17) is 16.3 Å². The van der Waals surface area contributed by atoms with Crippen molar-refractivity contribution in [3.8, 4) is 0 Å². The lowest BCUT2D eigenvalue weighted by atomic mass is 10.1. The number of fused-ring (bicyclic) bond motifs is 1. The van der Waals surface area contributed by atoms with Crippen molar-refractivity contribution >= 4 is 28.1 Å². The van der Waals surface area contributed by atoms with Crippen LogP contribution in [-0.4, -0.2) is 16.8 Å². The summed E-state index contributed by atoms with van der Waals surface area (Å²) in [5, 5.41) is 10.5. The standard InChI is InChI=1S/C12H11ClN2O/c1-3-16-8(2)12-11-5-4-10(13)6-9(11)7-14-15-12/h4-7H,2-3H2,1H3. The molecule has 0 aliphatic heterocycles. The third-order valence-electron chi connectivity index (χ3n) is 2.21. The number of hydrogen-bond acceptors (Lipinski definition) is 3. The number of aromatic nitrogens is 2. The molecule has 16 heavy (non-hydrogen) atoms. The first-order chi connectivity index (χ1) is 7.72. The number of nitrogens with zero attached hydrogens (tertiary/aromatic N) is 2. The Labute approximate surface area is 98.7 Å². The van der Waals surface area contributed by atoms with Gasteiger partial charge in [-0.25, -0.2) is 0 Å². The number of benzene rings is 1. The monoisotopic (exact) mass is 234 g/mol. The quantitative estimate of drug-likeness (QED) is 0.765. The molecule has 0 bridgehead atoms. The molecule has 1 aromatic heterocycles. The second kappa shape index (κ2) is 4.49. The van der Waals surface area contributed by atoms with E-state index >= 15 is 0 Å². The maximum absolute atomic E-state index is 5.91. The molecule has 0 saturated heterocycles. The molecule has 82 valence electrons. The third kappa shape index (κ3) is 1.99. The summed E-state index contributed by atoms with van der Waals surface area (Å²) in [6.07, 6.45) is 1.67. The minimum absolute atomic E-state index is 0.530. The number of halogens is 1. The molecule has 4 heteroatoms. The van der Waals surface area contributed by atoms with Gasteiger partial charge in [-0.15, -0.1) is 5.10 Å². The van der Waals surface area contributed by atoms with Crippen molar-refractivity contribution in [1.82, 2.24) is 10.2 Å². The molecule has 2 rings (SSSR count). The van der Waals surface area contributed by atoms with Gasteiger partial charge in [0, 0.05) is 15.8 Å². The van der Waals surface area contributed by atoms with Gasteiger partial charge in [0.25, 0.3) is 0 Å². The van der Waals surface area contributed by atoms with Crippen molar-refractivity contribution in [3.63, 3.8) is 0 Å². The molecule has 0 aliphatic carbocycles. The van der Waals surface area contributed by atoms with E-state index in [1.54, 1.807) is 6.20 Å². The van der Waals surface area contributed by atoms with Crippen molar-refractivity contribution in [2.75, 3.05) is 6.61 Å². The molecule has 1 aromatic carbocycles. The van der Waals surface area contributed by atoms with Crippen LogP contribution in [0.2, 0.25) is 5.02 Å². The van der Waals surface area contributed by atoms with Crippen LogP contribution in [0.1, 0.15) is 12.6 Å². The summed E-state index contributed by atoms with van der Waals surface area (Å²) in [7, 11) is 0. The molecule has 2 aromatic rings. The topological polar surface area (TPSA) is 35.0 Å². The smallest absolute Gasteiger partial charge is 0.140 e. The molecular formula is C12H11ClN2O. The van der Waals surface area contributed by atoms with Crippen LogP contribution in [0, 0.1) is 0 Å². The van der Waals surface area contributed by atoms with Crippen LogP contribution in [0.3, 0.4) is 0 Å². The first-order valence-electron chi connectivity index (χ1n) is 4.95.